The molecule has 1 aliphatic rings. The van der Waals surface area contributed by atoms with Gasteiger partial charge in [-0.2, -0.15) is 0 Å². The molecule has 0 bridgehead atoms. The summed E-state index contributed by atoms with van der Waals surface area (Å²) in [5.41, 5.74) is 2.89. The van der Waals surface area contributed by atoms with Crippen LogP contribution in [-0.2, 0) is 11.3 Å². The number of amides is 1. The monoisotopic (exact) mass is 391 g/mol. The van der Waals surface area contributed by atoms with Crippen LogP contribution >= 0.6 is 0 Å². The SMILES string of the molecule is C[C@@H](C(=O)NCc1ccccn1)[C@H]1CC[C@@H](c2ccnc3ccc(F)cc32)CC1. The van der Waals surface area contributed by atoms with Crippen molar-refractivity contribution >= 4 is 16.8 Å². The third-order valence-electron chi connectivity index (χ3n) is 6.24. The lowest BCUT2D eigenvalue weighted by Gasteiger charge is -2.32. The summed E-state index contributed by atoms with van der Waals surface area (Å²) in [4.78, 5) is 21.2. The van der Waals surface area contributed by atoms with Crippen LogP contribution < -0.4 is 5.32 Å². The van der Waals surface area contributed by atoms with Gasteiger partial charge in [0.1, 0.15) is 5.82 Å². The molecule has 4 nitrogen and oxygen atoms in total. The highest BCUT2D eigenvalue weighted by Crippen LogP contribution is 2.40. The Morgan fingerprint density at radius 2 is 1.93 bits per heavy atom. The summed E-state index contributed by atoms with van der Waals surface area (Å²) >= 11 is 0. The van der Waals surface area contributed by atoms with Crippen LogP contribution in [0.4, 0.5) is 4.39 Å². The van der Waals surface area contributed by atoms with E-state index in [2.05, 4.69) is 15.3 Å². The van der Waals surface area contributed by atoms with E-state index < -0.39 is 0 Å². The van der Waals surface area contributed by atoms with E-state index in [9.17, 15) is 9.18 Å². The van der Waals surface area contributed by atoms with E-state index in [1.807, 2.05) is 37.4 Å². The van der Waals surface area contributed by atoms with Crippen molar-refractivity contribution < 1.29 is 9.18 Å². The first-order valence-corrected chi connectivity index (χ1v) is 10.3. The fraction of sp³-hybridized carbons (Fsp3) is 0.375. The van der Waals surface area contributed by atoms with Gasteiger partial charge in [-0.3, -0.25) is 14.8 Å². The third-order valence-corrected chi connectivity index (χ3v) is 6.24. The van der Waals surface area contributed by atoms with Gasteiger partial charge in [-0.15, -0.1) is 0 Å². The van der Waals surface area contributed by atoms with Crippen molar-refractivity contribution in [3.05, 3.63) is 71.9 Å². The molecule has 0 saturated heterocycles. The standard InChI is InChI=1S/C24H26FN3O/c1-16(24(29)28-15-20-4-2-3-12-26-20)17-5-7-18(8-6-17)21-11-13-27-23-10-9-19(25)14-22(21)23/h2-4,9-14,16-18H,5-8,15H2,1H3,(H,28,29)/t16-,17-,18+/m1/s1. The second-order valence-corrected chi connectivity index (χ2v) is 8.00. The minimum absolute atomic E-state index is 0.0220. The number of nitrogens with zero attached hydrogens (tertiary/aromatic N) is 2. The van der Waals surface area contributed by atoms with Gasteiger partial charge in [-0.25, -0.2) is 4.39 Å². The zero-order valence-corrected chi connectivity index (χ0v) is 16.6. The Morgan fingerprint density at radius 1 is 1.10 bits per heavy atom. The highest BCUT2D eigenvalue weighted by molar-refractivity contribution is 5.82. The van der Waals surface area contributed by atoms with Gasteiger partial charge >= 0.3 is 0 Å². The molecule has 4 rings (SSSR count). The average molecular weight is 391 g/mol. The van der Waals surface area contributed by atoms with Crippen molar-refractivity contribution in [2.45, 2.75) is 45.1 Å². The van der Waals surface area contributed by atoms with Crippen LogP contribution in [0.15, 0.2) is 54.9 Å². The molecule has 150 valence electrons. The second-order valence-electron chi connectivity index (χ2n) is 8.00. The molecule has 2 heterocycles. The maximum absolute atomic E-state index is 13.8. The van der Waals surface area contributed by atoms with E-state index in [1.165, 1.54) is 11.6 Å². The topological polar surface area (TPSA) is 54.9 Å². The second kappa shape index (κ2) is 8.68. The summed E-state index contributed by atoms with van der Waals surface area (Å²) in [5, 5.41) is 3.93. The largest absolute Gasteiger partial charge is 0.350 e. The van der Waals surface area contributed by atoms with E-state index in [1.54, 1.807) is 18.3 Å². The Hall–Kier alpha value is -2.82. The number of pyridine rings is 2. The molecule has 1 atom stereocenters. The lowest BCUT2D eigenvalue weighted by Crippen LogP contribution is -2.34. The zero-order chi connectivity index (χ0) is 20.2. The molecular weight excluding hydrogens is 365 g/mol. The van der Waals surface area contributed by atoms with Crippen molar-refractivity contribution in [2.75, 3.05) is 0 Å². The molecule has 1 aromatic carbocycles. The number of hydrogen-bond acceptors (Lipinski definition) is 3. The van der Waals surface area contributed by atoms with E-state index >= 15 is 0 Å². The van der Waals surface area contributed by atoms with Crippen molar-refractivity contribution in [3.8, 4) is 0 Å². The van der Waals surface area contributed by atoms with Gasteiger partial charge in [0.05, 0.1) is 17.8 Å². The van der Waals surface area contributed by atoms with Gasteiger partial charge in [0.15, 0.2) is 0 Å². The number of aromatic nitrogens is 2. The first-order chi connectivity index (χ1) is 14.1. The predicted molar refractivity (Wildman–Crippen MR) is 112 cm³/mol. The Kier molecular flexibility index (Phi) is 5.84. The van der Waals surface area contributed by atoms with Crippen LogP contribution in [0.3, 0.4) is 0 Å². The van der Waals surface area contributed by atoms with E-state index in [-0.39, 0.29) is 17.6 Å². The maximum atomic E-state index is 13.8. The molecule has 3 aromatic rings. The van der Waals surface area contributed by atoms with E-state index in [0.717, 1.165) is 42.3 Å². The Labute approximate surface area is 170 Å². The van der Waals surface area contributed by atoms with Crippen molar-refractivity contribution in [1.29, 1.82) is 0 Å². The normalized spacial score (nSPS) is 20.3. The van der Waals surface area contributed by atoms with Gasteiger partial charge in [0.25, 0.3) is 0 Å². The highest BCUT2D eigenvalue weighted by Gasteiger charge is 2.30. The third kappa shape index (κ3) is 4.44. The van der Waals surface area contributed by atoms with E-state index in [4.69, 9.17) is 0 Å². The van der Waals surface area contributed by atoms with Gasteiger partial charge in [-0.05, 0) is 79.5 Å². The van der Waals surface area contributed by atoms with Gasteiger partial charge < -0.3 is 5.32 Å². The summed E-state index contributed by atoms with van der Waals surface area (Å²) in [5.74, 6) is 0.614. The summed E-state index contributed by atoms with van der Waals surface area (Å²) in [7, 11) is 0. The Morgan fingerprint density at radius 3 is 2.69 bits per heavy atom. The molecule has 1 aliphatic carbocycles. The molecule has 29 heavy (non-hydrogen) atoms. The molecule has 5 heteroatoms. The number of fused-ring (bicyclic) bond motifs is 1. The molecule has 0 radical (unpaired) electrons. The van der Waals surface area contributed by atoms with Gasteiger partial charge in [0, 0.05) is 23.7 Å². The molecule has 0 aliphatic heterocycles. The predicted octanol–water partition coefficient (Wildman–Crippen LogP) is 5.00. The van der Waals surface area contributed by atoms with Crippen LogP contribution in [0.5, 0.6) is 0 Å². The summed E-state index contributed by atoms with van der Waals surface area (Å²) in [6, 6.07) is 12.5. The molecule has 2 aromatic heterocycles. The lowest BCUT2D eigenvalue weighted by atomic mass is 9.73. The number of benzene rings is 1. The van der Waals surface area contributed by atoms with Crippen LogP contribution in [0, 0.1) is 17.7 Å². The molecule has 0 unspecified atom stereocenters. The molecular formula is C24H26FN3O. The maximum Gasteiger partial charge on any atom is 0.223 e. The number of nitrogens with one attached hydrogen (secondary N) is 1. The average Bonchev–Trinajstić information content (AvgIpc) is 2.77. The molecule has 1 fully saturated rings. The fourth-order valence-electron chi connectivity index (χ4n) is 4.48. The van der Waals surface area contributed by atoms with Gasteiger partial charge in [0.2, 0.25) is 5.91 Å². The molecule has 0 spiro atoms. The number of halogens is 1. The number of hydrogen-bond donors (Lipinski definition) is 1. The number of rotatable bonds is 5. The molecule has 1 saturated carbocycles. The first kappa shape index (κ1) is 19.5. The summed E-state index contributed by atoms with van der Waals surface area (Å²) in [6.45, 7) is 2.49. The van der Waals surface area contributed by atoms with Crippen molar-refractivity contribution in [2.24, 2.45) is 11.8 Å². The Bertz CT molecular complexity index is 984. The summed E-state index contributed by atoms with van der Waals surface area (Å²) < 4.78 is 13.8. The van der Waals surface area contributed by atoms with Crippen molar-refractivity contribution in [1.82, 2.24) is 15.3 Å². The van der Waals surface area contributed by atoms with Crippen LogP contribution in [0.25, 0.3) is 10.9 Å². The first-order valence-electron chi connectivity index (χ1n) is 10.3. The zero-order valence-electron chi connectivity index (χ0n) is 16.6. The minimum atomic E-state index is -0.223. The quantitative estimate of drug-likeness (QED) is 0.666. The number of carbonyl (C=O) groups is 1. The van der Waals surface area contributed by atoms with Crippen LogP contribution in [-0.4, -0.2) is 15.9 Å². The van der Waals surface area contributed by atoms with Crippen LogP contribution in [0.1, 0.15) is 49.8 Å². The summed E-state index contributed by atoms with van der Waals surface area (Å²) in [6.07, 6.45) is 7.58. The fourth-order valence-corrected chi connectivity index (χ4v) is 4.48. The highest BCUT2D eigenvalue weighted by atomic mass is 19.1. The Balaban J connectivity index is 1.37. The van der Waals surface area contributed by atoms with Crippen molar-refractivity contribution in [3.63, 3.8) is 0 Å². The smallest absolute Gasteiger partial charge is 0.223 e. The van der Waals surface area contributed by atoms with Gasteiger partial charge in [-0.1, -0.05) is 13.0 Å². The molecule has 1 amide bonds. The van der Waals surface area contributed by atoms with E-state index in [0.29, 0.717) is 18.4 Å². The molecule has 1 N–H and O–H groups in total. The van der Waals surface area contributed by atoms with Crippen LogP contribution in [0.2, 0.25) is 0 Å². The lowest BCUT2D eigenvalue weighted by molar-refractivity contribution is -0.126. The minimum Gasteiger partial charge on any atom is -0.350 e. The number of carbonyl (C=O) groups excluding carboxylic acids is 1.